The molecular weight excluding hydrogens is 326 g/mol. The van der Waals surface area contributed by atoms with Gasteiger partial charge in [-0.05, 0) is 37.6 Å². The van der Waals surface area contributed by atoms with E-state index in [1.165, 1.54) is 0 Å². The SMILES string of the molecule is COc1ccc2c(c1)C(C=O)C(c1c(C)nn(C)c1C)N2CCCl. The number of hydrogen-bond acceptors (Lipinski definition) is 4. The first-order chi connectivity index (χ1) is 11.5. The summed E-state index contributed by atoms with van der Waals surface area (Å²) in [6.45, 7) is 4.70. The van der Waals surface area contributed by atoms with Gasteiger partial charge in [0, 0.05) is 36.4 Å². The van der Waals surface area contributed by atoms with Crippen molar-refractivity contribution in [1.29, 1.82) is 0 Å². The second-order valence-electron chi connectivity index (χ2n) is 6.12. The minimum absolute atomic E-state index is 0.0861. The number of carbonyl (C=O) groups is 1. The number of anilines is 1. The lowest BCUT2D eigenvalue weighted by Crippen LogP contribution is -2.30. The molecule has 1 aliphatic rings. The smallest absolute Gasteiger partial charge is 0.129 e. The number of alkyl halides is 1. The molecule has 6 heteroatoms. The van der Waals surface area contributed by atoms with Gasteiger partial charge in [-0.15, -0.1) is 11.6 Å². The van der Waals surface area contributed by atoms with Crippen LogP contribution in [0.1, 0.15) is 34.5 Å². The standard InChI is InChI=1S/C18H22ClN3O2/c1-11-17(12(2)21(3)20-11)18-15(10-23)14-9-13(24-4)5-6-16(14)22(18)8-7-19/h5-6,9-10,15,18H,7-8H2,1-4H3. The minimum Gasteiger partial charge on any atom is -0.497 e. The van der Waals surface area contributed by atoms with Crippen molar-refractivity contribution in [3.8, 4) is 5.75 Å². The molecule has 0 N–H and O–H groups in total. The van der Waals surface area contributed by atoms with Crippen LogP contribution in [-0.4, -0.2) is 35.6 Å². The van der Waals surface area contributed by atoms with Gasteiger partial charge in [0.1, 0.15) is 12.0 Å². The largest absolute Gasteiger partial charge is 0.497 e. The maximum Gasteiger partial charge on any atom is 0.129 e. The van der Waals surface area contributed by atoms with E-state index in [1.807, 2.05) is 43.8 Å². The quantitative estimate of drug-likeness (QED) is 0.616. The molecule has 0 bridgehead atoms. The second kappa shape index (κ2) is 6.48. The molecule has 0 amide bonds. The summed E-state index contributed by atoms with van der Waals surface area (Å²) in [5.41, 5.74) is 5.16. The monoisotopic (exact) mass is 347 g/mol. The number of fused-ring (bicyclic) bond motifs is 1. The number of aldehydes is 1. The number of carbonyl (C=O) groups excluding carboxylic acids is 1. The predicted octanol–water partition coefficient (Wildman–Crippen LogP) is 3.13. The molecule has 0 spiro atoms. The molecule has 1 aromatic carbocycles. The van der Waals surface area contributed by atoms with Crippen molar-refractivity contribution in [2.24, 2.45) is 7.05 Å². The number of aryl methyl sites for hydroxylation is 2. The maximum absolute atomic E-state index is 12.0. The van der Waals surface area contributed by atoms with Crippen LogP contribution in [0.4, 0.5) is 5.69 Å². The van der Waals surface area contributed by atoms with Gasteiger partial charge in [-0.1, -0.05) is 0 Å². The lowest BCUT2D eigenvalue weighted by molar-refractivity contribution is -0.109. The molecule has 0 saturated heterocycles. The van der Waals surface area contributed by atoms with Crippen molar-refractivity contribution >= 4 is 23.6 Å². The fourth-order valence-corrected chi connectivity index (χ4v) is 3.94. The molecule has 2 atom stereocenters. The summed E-state index contributed by atoms with van der Waals surface area (Å²) < 4.78 is 7.21. The van der Waals surface area contributed by atoms with Crippen LogP contribution in [0, 0.1) is 13.8 Å². The first kappa shape index (κ1) is 16.8. The molecule has 0 aliphatic carbocycles. The molecule has 0 fully saturated rings. The van der Waals surface area contributed by atoms with Crippen LogP contribution in [0.25, 0.3) is 0 Å². The average molecular weight is 348 g/mol. The lowest BCUT2D eigenvalue weighted by Gasteiger charge is -2.29. The van der Waals surface area contributed by atoms with Gasteiger partial charge in [0.05, 0.1) is 24.8 Å². The summed E-state index contributed by atoms with van der Waals surface area (Å²) >= 11 is 6.06. The third kappa shape index (κ3) is 2.47. The summed E-state index contributed by atoms with van der Waals surface area (Å²) in [5.74, 6) is 0.984. The molecule has 24 heavy (non-hydrogen) atoms. The first-order valence-corrected chi connectivity index (χ1v) is 8.52. The number of ether oxygens (including phenoxy) is 1. The number of hydrogen-bond donors (Lipinski definition) is 0. The Morgan fingerprint density at radius 1 is 1.38 bits per heavy atom. The van der Waals surface area contributed by atoms with Crippen molar-refractivity contribution in [2.45, 2.75) is 25.8 Å². The van der Waals surface area contributed by atoms with Gasteiger partial charge < -0.3 is 14.4 Å². The van der Waals surface area contributed by atoms with E-state index in [-0.39, 0.29) is 12.0 Å². The Bertz CT molecular complexity index is 772. The molecule has 0 radical (unpaired) electrons. The minimum atomic E-state index is -0.264. The van der Waals surface area contributed by atoms with Gasteiger partial charge in [-0.3, -0.25) is 4.68 Å². The third-order valence-electron chi connectivity index (χ3n) is 4.91. The molecule has 128 valence electrons. The molecule has 2 unspecified atom stereocenters. The zero-order valence-corrected chi connectivity index (χ0v) is 15.2. The van der Waals surface area contributed by atoms with Crippen LogP contribution in [-0.2, 0) is 11.8 Å². The Kier molecular flexibility index (Phi) is 4.54. The number of halogens is 1. The van der Waals surface area contributed by atoms with Crippen LogP contribution in [0.3, 0.4) is 0 Å². The number of benzene rings is 1. The predicted molar refractivity (Wildman–Crippen MR) is 95.3 cm³/mol. The Labute approximate surface area is 147 Å². The Hall–Kier alpha value is -2.01. The highest BCUT2D eigenvalue weighted by Gasteiger charge is 2.41. The normalized spacial score (nSPS) is 19.5. The van der Waals surface area contributed by atoms with Crippen molar-refractivity contribution in [3.63, 3.8) is 0 Å². The zero-order valence-electron chi connectivity index (χ0n) is 14.4. The molecule has 1 aromatic heterocycles. The summed E-state index contributed by atoms with van der Waals surface area (Å²) in [7, 11) is 3.56. The van der Waals surface area contributed by atoms with E-state index in [2.05, 4.69) is 10.00 Å². The first-order valence-electron chi connectivity index (χ1n) is 7.99. The van der Waals surface area contributed by atoms with Gasteiger partial charge in [0.25, 0.3) is 0 Å². The van der Waals surface area contributed by atoms with Crippen LogP contribution in [0.2, 0.25) is 0 Å². The van der Waals surface area contributed by atoms with Crippen LogP contribution in [0.5, 0.6) is 5.75 Å². The number of nitrogens with zero attached hydrogens (tertiary/aromatic N) is 3. The average Bonchev–Trinajstić information content (AvgIpc) is 3.00. The van der Waals surface area contributed by atoms with Crippen LogP contribution < -0.4 is 9.64 Å². The van der Waals surface area contributed by atoms with Gasteiger partial charge in [0.2, 0.25) is 0 Å². The maximum atomic E-state index is 12.0. The number of aromatic nitrogens is 2. The Morgan fingerprint density at radius 3 is 2.67 bits per heavy atom. The summed E-state index contributed by atoms with van der Waals surface area (Å²) in [6.07, 6.45) is 1.03. The summed E-state index contributed by atoms with van der Waals surface area (Å²) in [6, 6.07) is 5.80. The van der Waals surface area contributed by atoms with Crippen LogP contribution in [0.15, 0.2) is 18.2 Å². The highest BCUT2D eigenvalue weighted by Crippen LogP contribution is 2.50. The molecule has 2 aromatic rings. The molecule has 0 saturated carbocycles. The highest BCUT2D eigenvalue weighted by molar-refractivity contribution is 6.18. The zero-order chi connectivity index (χ0) is 17.4. The van der Waals surface area contributed by atoms with Crippen molar-refractivity contribution in [1.82, 2.24) is 9.78 Å². The van der Waals surface area contributed by atoms with Gasteiger partial charge in [-0.2, -0.15) is 5.10 Å². The molecule has 1 aliphatic heterocycles. The van der Waals surface area contributed by atoms with Gasteiger partial charge >= 0.3 is 0 Å². The summed E-state index contributed by atoms with van der Waals surface area (Å²) in [5, 5.41) is 4.53. The van der Waals surface area contributed by atoms with Gasteiger partial charge in [-0.25, -0.2) is 0 Å². The van der Waals surface area contributed by atoms with E-state index >= 15 is 0 Å². The topological polar surface area (TPSA) is 47.4 Å². The van der Waals surface area contributed by atoms with E-state index in [0.717, 1.165) is 40.2 Å². The van der Waals surface area contributed by atoms with E-state index in [0.29, 0.717) is 12.4 Å². The fraction of sp³-hybridized carbons (Fsp3) is 0.444. The van der Waals surface area contributed by atoms with E-state index < -0.39 is 0 Å². The van der Waals surface area contributed by atoms with E-state index in [9.17, 15) is 4.79 Å². The van der Waals surface area contributed by atoms with Crippen molar-refractivity contribution in [3.05, 3.63) is 40.7 Å². The fourth-order valence-electron chi connectivity index (χ4n) is 3.75. The molecule has 5 nitrogen and oxygen atoms in total. The van der Waals surface area contributed by atoms with Crippen molar-refractivity contribution < 1.29 is 9.53 Å². The van der Waals surface area contributed by atoms with Crippen molar-refractivity contribution in [2.75, 3.05) is 24.4 Å². The van der Waals surface area contributed by atoms with E-state index in [1.54, 1.807) is 7.11 Å². The molecular formula is C18H22ClN3O2. The van der Waals surface area contributed by atoms with Gasteiger partial charge in [0.15, 0.2) is 0 Å². The second-order valence-corrected chi connectivity index (χ2v) is 6.50. The number of methoxy groups -OCH3 is 1. The Morgan fingerprint density at radius 2 is 2.12 bits per heavy atom. The van der Waals surface area contributed by atoms with E-state index in [4.69, 9.17) is 16.3 Å². The Balaban J connectivity index is 2.19. The number of rotatable bonds is 5. The lowest BCUT2D eigenvalue weighted by atomic mass is 9.90. The summed E-state index contributed by atoms with van der Waals surface area (Å²) in [4.78, 5) is 14.2. The third-order valence-corrected chi connectivity index (χ3v) is 5.08. The highest BCUT2D eigenvalue weighted by atomic mass is 35.5. The molecule has 2 heterocycles. The van der Waals surface area contributed by atoms with Crippen LogP contribution >= 0.6 is 11.6 Å². The molecule has 3 rings (SSSR count).